The fraction of sp³-hybridized carbons (Fsp3) is 0.125. The summed E-state index contributed by atoms with van der Waals surface area (Å²) in [6.45, 7) is 0.376. The molecule has 0 spiro atoms. The van der Waals surface area contributed by atoms with E-state index in [1.165, 1.54) is 36.5 Å². The van der Waals surface area contributed by atoms with E-state index in [-0.39, 0.29) is 37.9 Å². The van der Waals surface area contributed by atoms with Crippen LogP contribution in [0.25, 0.3) is 11.3 Å². The summed E-state index contributed by atoms with van der Waals surface area (Å²) in [7, 11) is -2.18. The fourth-order valence-corrected chi connectivity index (χ4v) is 5.22. The highest BCUT2D eigenvalue weighted by molar-refractivity contribution is 7.93. The molecule has 1 aromatic carbocycles. The minimum Gasteiger partial charge on any atom is -0.314 e. The molecule has 0 aliphatic rings. The Balaban J connectivity index is 0.00000243. The fourth-order valence-electron chi connectivity index (χ4n) is 2.21. The lowest BCUT2D eigenvalue weighted by Crippen LogP contribution is -2.04. The lowest BCUT2D eigenvalue weighted by molar-refractivity contribution is 0.597. The molecule has 3 rings (SSSR count). The number of nitrogens with one attached hydrogen (secondary N) is 1. The quantitative estimate of drug-likeness (QED) is 0.616. The van der Waals surface area contributed by atoms with Crippen LogP contribution in [0, 0.1) is 5.82 Å². The zero-order valence-corrected chi connectivity index (χ0v) is 16.6. The van der Waals surface area contributed by atoms with Crippen molar-refractivity contribution in [3.63, 3.8) is 0 Å². The van der Waals surface area contributed by atoms with Crippen LogP contribution in [0.3, 0.4) is 0 Å². The maximum Gasteiger partial charge on any atom is 0.219 e. The number of aromatic nitrogens is 2. The summed E-state index contributed by atoms with van der Waals surface area (Å²) in [6, 6.07) is 8.71. The SMILES string of the molecule is CNCc1nc(-c2ccccc2F)c(S(=O)(=O)c2ccc(Cl)nc2)s1.Cl. The van der Waals surface area contributed by atoms with Gasteiger partial charge in [-0.1, -0.05) is 23.7 Å². The number of thiazole rings is 1. The second-order valence-corrected chi connectivity index (χ2v) is 8.69. The molecule has 0 atom stereocenters. The van der Waals surface area contributed by atoms with E-state index in [4.69, 9.17) is 11.6 Å². The Morgan fingerprint density at radius 3 is 2.58 bits per heavy atom. The van der Waals surface area contributed by atoms with Crippen molar-refractivity contribution in [3.8, 4) is 11.3 Å². The number of pyridine rings is 1. The Kier molecular flexibility index (Phi) is 6.70. The van der Waals surface area contributed by atoms with Crippen molar-refractivity contribution in [2.75, 3.05) is 7.05 Å². The standard InChI is InChI=1S/C16H13ClFN3O2S2.ClH/c1-19-9-14-21-15(11-4-2-3-5-12(11)18)16(24-14)25(22,23)10-6-7-13(17)20-8-10;/h2-8,19H,9H2,1H3;1H. The summed E-state index contributed by atoms with van der Waals surface area (Å²) in [6.07, 6.45) is 1.18. The van der Waals surface area contributed by atoms with Gasteiger partial charge in [0.25, 0.3) is 0 Å². The third-order valence-electron chi connectivity index (χ3n) is 3.35. The maximum absolute atomic E-state index is 14.2. The van der Waals surface area contributed by atoms with E-state index < -0.39 is 15.7 Å². The number of hydrogen-bond donors (Lipinski definition) is 1. The number of halogens is 3. The van der Waals surface area contributed by atoms with Crippen LogP contribution < -0.4 is 5.32 Å². The van der Waals surface area contributed by atoms with Gasteiger partial charge in [0.1, 0.15) is 21.7 Å². The van der Waals surface area contributed by atoms with Crippen molar-refractivity contribution in [1.82, 2.24) is 15.3 Å². The first kappa shape index (κ1) is 20.7. The van der Waals surface area contributed by atoms with Gasteiger partial charge in [-0.3, -0.25) is 0 Å². The molecule has 3 aromatic rings. The molecule has 0 aliphatic carbocycles. The number of rotatable bonds is 5. The Bertz CT molecular complexity index is 1010. The van der Waals surface area contributed by atoms with Crippen molar-refractivity contribution < 1.29 is 12.8 Å². The van der Waals surface area contributed by atoms with E-state index in [1.807, 2.05) is 0 Å². The van der Waals surface area contributed by atoms with Gasteiger partial charge in [-0.05, 0) is 31.3 Å². The Morgan fingerprint density at radius 2 is 1.96 bits per heavy atom. The van der Waals surface area contributed by atoms with Crippen LogP contribution in [-0.4, -0.2) is 25.4 Å². The van der Waals surface area contributed by atoms with Crippen LogP contribution in [0.1, 0.15) is 5.01 Å². The minimum absolute atomic E-state index is 0. The van der Waals surface area contributed by atoms with E-state index >= 15 is 0 Å². The van der Waals surface area contributed by atoms with Crippen LogP contribution in [0.2, 0.25) is 5.15 Å². The molecule has 2 heterocycles. The molecule has 0 saturated carbocycles. The molecule has 26 heavy (non-hydrogen) atoms. The van der Waals surface area contributed by atoms with Crippen LogP contribution in [0.4, 0.5) is 4.39 Å². The van der Waals surface area contributed by atoms with Crippen LogP contribution in [0.15, 0.2) is 51.7 Å². The topological polar surface area (TPSA) is 72.0 Å². The summed E-state index contributed by atoms with van der Waals surface area (Å²) in [5.74, 6) is -0.533. The highest BCUT2D eigenvalue weighted by Gasteiger charge is 2.28. The van der Waals surface area contributed by atoms with Crippen LogP contribution >= 0.6 is 35.3 Å². The molecule has 0 saturated heterocycles. The van der Waals surface area contributed by atoms with Crippen molar-refractivity contribution in [1.29, 1.82) is 0 Å². The molecule has 10 heteroatoms. The molecule has 5 nitrogen and oxygen atoms in total. The third kappa shape index (κ3) is 4.05. The third-order valence-corrected chi connectivity index (χ3v) is 6.88. The van der Waals surface area contributed by atoms with Gasteiger partial charge in [0, 0.05) is 18.3 Å². The number of hydrogen-bond acceptors (Lipinski definition) is 6. The molecular formula is C16H14Cl2FN3O2S2. The Labute approximate surface area is 165 Å². The average Bonchev–Trinajstić information content (AvgIpc) is 3.00. The molecule has 0 aliphatic heterocycles. The average molecular weight is 434 g/mol. The van der Waals surface area contributed by atoms with E-state index in [2.05, 4.69) is 15.3 Å². The second-order valence-electron chi connectivity index (χ2n) is 5.07. The van der Waals surface area contributed by atoms with Gasteiger partial charge in [-0.25, -0.2) is 22.8 Å². The minimum atomic E-state index is -3.91. The van der Waals surface area contributed by atoms with E-state index in [9.17, 15) is 12.8 Å². The van der Waals surface area contributed by atoms with Gasteiger partial charge < -0.3 is 5.32 Å². The van der Waals surface area contributed by atoms with Crippen molar-refractivity contribution in [3.05, 3.63) is 58.6 Å². The highest BCUT2D eigenvalue weighted by atomic mass is 35.5. The zero-order valence-electron chi connectivity index (χ0n) is 13.4. The molecule has 138 valence electrons. The summed E-state index contributed by atoms with van der Waals surface area (Å²) >= 11 is 6.73. The van der Waals surface area contributed by atoms with Gasteiger partial charge in [0.15, 0.2) is 4.21 Å². The van der Waals surface area contributed by atoms with Gasteiger partial charge in [0.05, 0.1) is 4.90 Å². The first-order chi connectivity index (χ1) is 11.9. The van der Waals surface area contributed by atoms with Crippen molar-refractivity contribution in [2.24, 2.45) is 0 Å². The Hall–Kier alpha value is -1.58. The predicted octanol–water partition coefficient (Wildman–Crippen LogP) is 3.97. The van der Waals surface area contributed by atoms with Gasteiger partial charge in [-0.15, -0.1) is 23.7 Å². The normalized spacial score (nSPS) is 11.2. The number of nitrogens with zero attached hydrogens (tertiary/aromatic N) is 2. The lowest BCUT2D eigenvalue weighted by Gasteiger charge is -2.05. The maximum atomic E-state index is 14.2. The molecular weight excluding hydrogens is 420 g/mol. The zero-order chi connectivity index (χ0) is 18.0. The monoisotopic (exact) mass is 433 g/mol. The summed E-state index contributed by atoms with van der Waals surface area (Å²) in [5, 5.41) is 3.65. The second kappa shape index (κ2) is 8.41. The molecule has 0 unspecified atom stereocenters. The van der Waals surface area contributed by atoms with Crippen molar-refractivity contribution in [2.45, 2.75) is 15.6 Å². The first-order valence-electron chi connectivity index (χ1n) is 7.19. The predicted molar refractivity (Wildman–Crippen MR) is 102 cm³/mol. The molecule has 0 fully saturated rings. The summed E-state index contributed by atoms with van der Waals surface area (Å²) < 4.78 is 40.2. The molecule has 2 aromatic heterocycles. The molecule has 0 bridgehead atoms. The molecule has 0 radical (unpaired) electrons. The largest absolute Gasteiger partial charge is 0.314 e. The summed E-state index contributed by atoms with van der Waals surface area (Å²) in [4.78, 5) is 8.13. The lowest BCUT2D eigenvalue weighted by atomic mass is 10.1. The van der Waals surface area contributed by atoms with Gasteiger partial charge in [-0.2, -0.15) is 0 Å². The van der Waals surface area contributed by atoms with E-state index in [0.717, 1.165) is 11.3 Å². The van der Waals surface area contributed by atoms with Gasteiger partial charge >= 0.3 is 0 Å². The van der Waals surface area contributed by atoms with Crippen LogP contribution in [0.5, 0.6) is 0 Å². The van der Waals surface area contributed by atoms with Crippen molar-refractivity contribution >= 4 is 45.2 Å². The molecule has 0 amide bonds. The van der Waals surface area contributed by atoms with Gasteiger partial charge in [0.2, 0.25) is 9.84 Å². The summed E-state index contributed by atoms with van der Waals surface area (Å²) in [5.41, 5.74) is 0.241. The van der Waals surface area contributed by atoms with Crippen LogP contribution in [-0.2, 0) is 16.4 Å². The Morgan fingerprint density at radius 1 is 1.23 bits per heavy atom. The smallest absolute Gasteiger partial charge is 0.219 e. The number of sulfone groups is 1. The van der Waals surface area contributed by atoms with E-state index in [1.54, 1.807) is 13.1 Å². The number of benzene rings is 1. The molecule has 1 N–H and O–H groups in total. The highest BCUT2D eigenvalue weighted by Crippen LogP contribution is 2.36. The first-order valence-corrected chi connectivity index (χ1v) is 9.87. The van der Waals surface area contributed by atoms with E-state index in [0.29, 0.717) is 11.6 Å².